The standard InChI is InChI=1S/C13H12ClN3/c1-9-8-11(15)4-7-13(9)17-16-12-5-2-10(14)3-6-12/h2-8H,15H2,1H3. The predicted molar refractivity (Wildman–Crippen MR) is 71.2 cm³/mol. The van der Waals surface area contributed by atoms with Gasteiger partial charge in [-0.2, -0.15) is 10.2 Å². The van der Waals surface area contributed by atoms with E-state index in [2.05, 4.69) is 10.2 Å². The topological polar surface area (TPSA) is 50.7 Å². The lowest BCUT2D eigenvalue weighted by atomic mass is 10.2. The van der Waals surface area contributed by atoms with Gasteiger partial charge in [0, 0.05) is 10.7 Å². The highest BCUT2D eigenvalue weighted by Crippen LogP contribution is 2.24. The van der Waals surface area contributed by atoms with Crippen molar-refractivity contribution in [1.82, 2.24) is 0 Å². The Morgan fingerprint density at radius 1 is 1.00 bits per heavy atom. The van der Waals surface area contributed by atoms with Crippen LogP contribution in [0, 0.1) is 6.92 Å². The predicted octanol–water partition coefficient (Wildman–Crippen LogP) is 4.65. The molecular formula is C13H12ClN3. The molecule has 0 bridgehead atoms. The summed E-state index contributed by atoms with van der Waals surface area (Å²) in [6.45, 7) is 1.95. The third-order valence-electron chi connectivity index (χ3n) is 2.32. The summed E-state index contributed by atoms with van der Waals surface area (Å²) in [4.78, 5) is 0. The smallest absolute Gasteiger partial charge is 0.0887 e. The Labute approximate surface area is 105 Å². The molecule has 86 valence electrons. The third-order valence-corrected chi connectivity index (χ3v) is 2.57. The van der Waals surface area contributed by atoms with Gasteiger partial charge in [0.1, 0.15) is 0 Å². The molecule has 0 aliphatic carbocycles. The quantitative estimate of drug-likeness (QED) is 0.608. The average molecular weight is 246 g/mol. The Morgan fingerprint density at radius 3 is 2.35 bits per heavy atom. The molecule has 0 aliphatic heterocycles. The molecule has 2 N–H and O–H groups in total. The zero-order valence-electron chi connectivity index (χ0n) is 9.39. The van der Waals surface area contributed by atoms with Crippen LogP contribution in [0.5, 0.6) is 0 Å². The summed E-state index contributed by atoms with van der Waals surface area (Å²) in [7, 11) is 0. The van der Waals surface area contributed by atoms with Gasteiger partial charge in [-0.25, -0.2) is 0 Å². The molecule has 4 heteroatoms. The highest BCUT2D eigenvalue weighted by atomic mass is 35.5. The summed E-state index contributed by atoms with van der Waals surface area (Å²) in [5, 5.41) is 8.99. The Hall–Kier alpha value is -1.87. The van der Waals surface area contributed by atoms with Crippen molar-refractivity contribution in [3.63, 3.8) is 0 Å². The molecule has 0 fully saturated rings. The zero-order valence-corrected chi connectivity index (χ0v) is 10.1. The summed E-state index contributed by atoms with van der Waals surface area (Å²) in [5.41, 5.74) is 8.98. The first-order valence-electron chi connectivity index (χ1n) is 5.18. The number of nitrogens with zero attached hydrogens (tertiary/aromatic N) is 2. The third kappa shape index (κ3) is 3.04. The fourth-order valence-corrected chi connectivity index (χ4v) is 1.54. The van der Waals surface area contributed by atoms with E-state index >= 15 is 0 Å². The summed E-state index contributed by atoms with van der Waals surface area (Å²) < 4.78 is 0. The number of hydrogen-bond donors (Lipinski definition) is 1. The van der Waals surface area contributed by atoms with Gasteiger partial charge in [0.2, 0.25) is 0 Å². The normalized spacial score (nSPS) is 10.9. The Kier molecular flexibility index (Phi) is 3.40. The van der Waals surface area contributed by atoms with Crippen molar-refractivity contribution in [3.8, 4) is 0 Å². The minimum Gasteiger partial charge on any atom is -0.399 e. The van der Waals surface area contributed by atoms with E-state index in [0.29, 0.717) is 5.02 Å². The minimum atomic E-state index is 0.688. The van der Waals surface area contributed by atoms with Crippen molar-refractivity contribution in [2.75, 3.05) is 5.73 Å². The molecule has 2 rings (SSSR count). The number of benzene rings is 2. The second-order valence-corrected chi connectivity index (χ2v) is 4.16. The van der Waals surface area contributed by atoms with E-state index in [-0.39, 0.29) is 0 Å². The van der Waals surface area contributed by atoms with Crippen LogP contribution in [0.1, 0.15) is 5.56 Å². The largest absolute Gasteiger partial charge is 0.399 e. The van der Waals surface area contributed by atoms with E-state index in [1.165, 1.54) is 0 Å². The lowest BCUT2D eigenvalue weighted by Gasteiger charge is -2.00. The first-order chi connectivity index (χ1) is 8.15. The fourth-order valence-electron chi connectivity index (χ4n) is 1.41. The van der Waals surface area contributed by atoms with Crippen LogP contribution in [0.2, 0.25) is 5.02 Å². The van der Waals surface area contributed by atoms with Gasteiger partial charge in [-0.15, -0.1) is 0 Å². The van der Waals surface area contributed by atoms with Gasteiger partial charge in [-0.1, -0.05) is 11.6 Å². The maximum Gasteiger partial charge on any atom is 0.0887 e. The molecule has 17 heavy (non-hydrogen) atoms. The van der Waals surface area contributed by atoms with Crippen molar-refractivity contribution in [2.24, 2.45) is 10.2 Å². The Balaban J connectivity index is 2.23. The van der Waals surface area contributed by atoms with Crippen LogP contribution in [-0.2, 0) is 0 Å². The molecule has 3 nitrogen and oxygen atoms in total. The molecule has 0 unspecified atom stereocenters. The number of rotatable bonds is 2. The number of azo groups is 1. The van der Waals surface area contributed by atoms with E-state index < -0.39 is 0 Å². The van der Waals surface area contributed by atoms with E-state index in [4.69, 9.17) is 17.3 Å². The van der Waals surface area contributed by atoms with Crippen LogP contribution in [0.3, 0.4) is 0 Å². The second-order valence-electron chi connectivity index (χ2n) is 3.72. The maximum absolute atomic E-state index is 5.79. The van der Waals surface area contributed by atoms with Crippen LogP contribution >= 0.6 is 11.6 Å². The Bertz CT molecular complexity index is 547. The molecule has 0 radical (unpaired) electrons. The minimum absolute atomic E-state index is 0.688. The van der Waals surface area contributed by atoms with Crippen LogP contribution in [0.15, 0.2) is 52.7 Å². The average Bonchev–Trinajstić information content (AvgIpc) is 2.30. The number of halogens is 1. The lowest BCUT2D eigenvalue weighted by Crippen LogP contribution is -1.84. The second kappa shape index (κ2) is 4.97. The van der Waals surface area contributed by atoms with Gasteiger partial charge in [0.15, 0.2) is 0 Å². The molecule has 0 aliphatic rings. The van der Waals surface area contributed by atoms with Crippen molar-refractivity contribution in [3.05, 3.63) is 53.1 Å². The first kappa shape index (κ1) is 11.6. The molecular weight excluding hydrogens is 234 g/mol. The zero-order chi connectivity index (χ0) is 12.3. The van der Waals surface area contributed by atoms with Gasteiger partial charge in [0.05, 0.1) is 11.4 Å². The summed E-state index contributed by atoms with van der Waals surface area (Å²) in [6, 6.07) is 12.7. The van der Waals surface area contributed by atoms with Crippen molar-refractivity contribution < 1.29 is 0 Å². The number of aryl methyl sites for hydroxylation is 1. The van der Waals surface area contributed by atoms with E-state index in [0.717, 1.165) is 22.6 Å². The molecule has 2 aromatic rings. The van der Waals surface area contributed by atoms with Crippen molar-refractivity contribution in [1.29, 1.82) is 0 Å². The highest BCUT2D eigenvalue weighted by Gasteiger charge is 1.97. The maximum atomic E-state index is 5.79. The SMILES string of the molecule is Cc1cc(N)ccc1N=Nc1ccc(Cl)cc1. The molecule has 0 atom stereocenters. The number of hydrogen-bond acceptors (Lipinski definition) is 3. The highest BCUT2D eigenvalue weighted by molar-refractivity contribution is 6.30. The van der Waals surface area contributed by atoms with Crippen LogP contribution in [0.25, 0.3) is 0 Å². The summed E-state index contributed by atoms with van der Waals surface area (Å²) in [5.74, 6) is 0. The van der Waals surface area contributed by atoms with Crippen LogP contribution in [0.4, 0.5) is 17.1 Å². The van der Waals surface area contributed by atoms with Gasteiger partial charge in [-0.05, 0) is 55.0 Å². The first-order valence-corrected chi connectivity index (χ1v) is 5.56. The monoisotopic (exact) mass is 245 g/mol. The number of nitrogen functional groups attached to an aromatic ring is 1. The van der Waals surface area contributed by atoms with Crippen LogP contribution in [-0.4, -0.2) is 0 Å². The van der Waals surface area contributed by atoms with Gasteiger partial charge in [-0.3, -0.25) is 0 Å². The molecule has 0 amide bonds. The molecule has 2 aromatic carbocycles. The molecule has 0 saturated heterocycles. The van der Waals surface area contributed by atoms with Gasteiger partial charge >= 0.3 is 0 Å². The Morgan fingerprint density at radius 2 is 1.71 bits per heavy atom. The van der Waals surface area contributed by atoms with E-state index in [1.54, 1.807) is 12.1 Å². The number of anilines is 1. The van der Waals surface area contributed by atoms with Gasteiger partial charge in [0.25, 0.3) is 0 Å². The van der Waals surface area contributed by atoms with Crippen molar-refractivity contribution >= 4 is 28.7 Å². The molecule has 0 spiro atoms. The number of nitrogens with two attached hydrogens (primary N) is 1. The summed E-state index contributed by atoms with van der Waals surface area (Å²) >= 11 is 5.79. The lowest BCUT2D eigenvalue weighted by molar-refractivity contribution is 1.21. The van der Waals surface area contributed by atoms with Crippen molar-refractivity contribution in [2.45, 2.75) is 6.92 Å². The van der Waals surface area contributed by atoms with E-state index in [9.17, 15) is 0 Å². The molecule has 0 aromatic heterocycles. The summed E-state index contributed by atoms with van der Waals surface area (Å²) in [6.07, 6.45) is 0. The van der Waals surface area contributed by atoms with Gasteiger partial charge < -0.3 is 5.73 Å². The van der Waals surface area contributed by atoms with Crippen LogP contribution < -0.4 is 5.73 Å². The van der Waals surface area contributed by atoms with E-state index in [1.807, 2.05) is 37.3 Å². The molecule has 0 heterocycles. The molecule has 0 saturated carbocycles. The fraction of sp³-hybridized carbons (Fsp3) is 0.0769.